The summed E-state index contributed by atoms with van der Waals surface area (Å²) in [5.74, 6) is 1.12. The highest BCUT2D eigenvalue weighted by atomic mass is 16.5. The molecule has 2 aromatic rings. The standard InChI is InChI=1S/C16H15BN2O3/c1-21-16-6-13(4-5-14(16)15(20)7-17)22-10-12-3-2-11(8-18)9-19-12/h2-6,9H,7,10,17H2,1H3. The predicted octanol–water partition coefficient (Wildman–Crippen LogP) is 1.77. The van der Waals surface area contributed by atoms with Gasteiger partial charge in [-0.3, -0.25) is 9.78 Å². The van der Waals surface area contributed by atoms with Crippen molar-refractivity contribution in [1.29, 1.82) is 5.26 Å². The van der Waals surface area contributed by atoms with Gasteiger partial charge in [0, 0.05) is 12.3 Å². The molecule has 6 heteroatoms. The molecule has 1 heterocycles. The van der Waals surface area contributed by atoms with Gasteiger partial charge < -0.3 is 9.47 Å². The molecule has 1 aromatic heterocycles. The van der Waals surface area contributed by atoms with E-state index in [4.69, 9.17) is 14.7 Å². The average molecular weight is 294 g/mol. The molecular weight excluding hydrogens is 279 g/mol. The SMILES string of the molecule is BCC(=O)c1ccc(OCc2ccc(C#N)cn2)cc1OC. The van der Waals surface area contributed by atoms with Gasteiger partial charge in [0.05, 0.1) is 23.9 Å². The number of methoxy groups -OCH3 is 1. The molecular formula is C16H15BN2O3. The molecule has 2 rings (SSSR count). The molecule has 0 fully saturated rings. The first-order chi connectivity index (χ1) is 10.7. The molecule has 0 aliphatic rings. The van der Waals surface area contributed by atoms with Gasteiger partial charge in [-0.1, -0.05) is 0 Å². The number of Topliss-reactive ketones (excluding diaryl/α,β-unsaturated/α-hetero) is 1. The topological polar surface area (TPSA) is 72.2 Å². The van der Waals surface area contributed by atoms with Crippen molar-refractivity contribution >= 4 is 13.6 Å². The number of ketones is 1. The first kappa shape index (κ1) is 15.6. The van der Waals surface area contributed by atoms with Crippen molar-refractivity contribution in [1.82, 2.24) is 4.98 Å². The van der Waals surface area contributed by atoms with Gasteiger partial charge in [-0.15, -0.1) is 0 Å². The number of aromatic nitrogens is 1. The lowest BCUT2D eigenvalue weighted by Crippen LogP contribution is -2.03. The van der Waals surface area contributed by atoms with Gasteiger partial charge in [0.1, 0.15) is 32.0 Å². The lowest BCUT2D eigenvalue weighted by atomic mass is 9.95. The zero-order valence-electron chi connectivity index (χ0n) is 12.5. The van der Waals surface area contributed by atoms with E-state index in [2.05, 4.69) is 4.98 Å². The first-order valence-electron chi connectivity index (χ1n) is 6.87. The van der Waals surface area contributed by atoms with E-state index in [1.165, 1.54) is 13.3 Å². The van der Waals surface area contributed by atoms with Gasteiger partial charge in [-0.2, -0.15) is 5.26 Å². The number of carbonyl (C=O) groups excluding carboxylic acids is 1. The molecule has 0 aliphatic carbocycles. The van der Waals surface area contributed by atoms with Gasteiger partial charge in [-0.25, -0.2) is 0 Å². The van der Waals surface area contributed by atoms with Crippen molar-refractivity contribution in [3.8, 4) is 17.6 Å². The highest BCUT2D eigenvalue weighted by molar-refractivity contribution is 6.24. The molecule has 0 saturated carbocycles. The Morgan fingerprint density at radius 2 is 2.18 bits per heavy atom. The highest BCUT2D eigenvalue weighted by Crippen LogP contribution is 2.26. The molecule has 1 aromatic carbocycles. The minimum Gasteiger partial charge on any atom is -0.496 e. The maximum atomic E-state index is 11.8. The van der Waals surface area contributed by atoms with E-state index >= 15 is 0 Å². The number of hydrogen-bond donors (Lipinski definition) is 0. The molecule has 0 bridgehead atoms. The lowest BCUT2D eigenvalue weighted by Gasteiger charge is -2.10. The van der Waals surface area contributed by atoms with E-state index in [0.717, 1.165) is 0 Å². The Morgan fingerprint density at radius 1 is 1.36 bits per heavy atom. The fraction of sp³-hybridized carbons (Fsp3) is 0.188. The Balaban J connectivity index is 2.09. The molecule has 0 N–H and O–H groups in total. The molecule has 0 spiro atoms. The van der Waals surface area contributed by atoms with Crippen molar-refractivity contribution in [3.05, 3.63) is 53.3 Å². The number of nitrogens with zero attached hydrogens (tertiary/aromatic N) is 2. The summed E-state index contributed by atoms with van der Waals surface area (Å²) in [7, 11) is 3.33. The first-order valence-corrected chi connectivity index (χ1v) is 6.87. The lowest BCUT2D eigenvalue weighted by molar-refractivity contribution is 0.101. The van der Waals surface area contributed by atoms with E-state index < -0.39 is 0 Å². The second kappa shape index (κ2) is 7.27. The second-order valence-corrected chi connectivity index (χ2v) is 4.58. The third-order valence-corrected chi connectivity index (χ3v) is 3.14. The second-order valence-electron chi connectivity index (χ2n) is 4.58. The average Bonchev–Trinajstić information content (AvgIpc) is 2.59. The predicted molar refractivity (Wildman–Crippen MR) is 84.0 cm³/mol. The number of benzene rings is 1. The molecule has 0 amide bonds. The van der Waals surface area contributed by atoms with Crippen LogP contribution in [-0.2, 0) is 6.61 Å². The van der Waals surface area contributed by atoms with Crippen LogP contribution >= 0.6 is 0 Å². The van der Waals surface area contributed by atoms with Crippen LogP contribution in [0.25, 0.3) is 0 Å². The summed E-state index contributed by atoms with van der Waals surface area (Å²) in [5.41, 5.74) is 1.77. The fourth-order valence-electron chi connectivity index (χ4n) is 1.92. The van der Waals surface area contributed by atoms with E-state index in [0.29, 0.717) is 34.6 Å². The van der Waals surface area contributed by atoms with Gasteiger partial charge >= 0.3 is 0 Å². The quantitative estimate of drug-likeness (QED) is 0.600. The number of hydrogen-bond acceptors (Lipinski definition) is 5. The summed E-state index contributed by atoms with van der Waals surface area (Å²) in [5, 5.41) is 8.72. The highest BCUT2D eigenvalue weighted by Gasteiger charge is 2.11. The van der Waals surface area contributed by atoms with E-state index in [9.17, 15) is 4.79 Å². The molecule has 0 atom stereocenters. The number of rotatable bonds is 6. The zero-order valence-corrected chi connectivity index (χ0v) is 12.5. The molecule has 0 unspecified atom stereocenters. The monoisotopic (exact) mass is 294 g/mol. The van der Waals surface area contributed by atoms with Gasteiger partial charge in [0.25, 0.3) is 0 Å². The maximum Gasteiger partial charge on any atom is 0.158 e. The molecule has 110 valence electrons. The zero-order chi connectivity index (χ0) is 15.9. The van der Waals surface area contributed by atoms with Gasteiger partial charge in [0.2, 0.25) is 0 Å². The summed E-state index contributed by atoms with van der Waals surface area (Å²) in [6.45, 7) is 0.274. The van der Waals surface area contributed by atoms with Crippen LogP contribution in [0, 0.1) is 11.3 Å². The van der Waals surface area contributed by atoms with Crippen molar-refractivity contribution in [3.63, 3.8) is 0 Å². The summed E-state index contributed by atoms with van der Waals surface area (Å²) >= 11 is 0. The summed E-state index contributed by atoms with van der Waals surface area (Å²) < 4.78 is 10.9. The third kappa shape index (κ3) is 3.64. The minimum atomic E-state index is 0.0251. The van der Waals surface area contributed by atoms with Crippen molar-refractivity contribution in [2.24, 2.45) is 0 Å². The van der Waals surface area contributed by atoms with Crippen molar-refractivity contribution in [2.45, 2.75) is 12.9 Å². The van der Waals surface area contributed by atoms with E-state index in [1.54, 1.807) is 30.3 Å². The van der Waals surface area contributed by atoms with Crippen LogP contribution < -0.4 is 9.47 Å². The molecule has 0 aliphatic heterocycles. The molecule has 0 radical (unpaired) electrons. The Kier molecular flexibility index (Phi) is 5.15. The van der Waals surface area contributed by atoms with Gasteiger partial charge in [-0.05, 0) is 30.6 Å². The number of ether oxygens (including phenoxy) is 2. The van der Waals surface area contributed by atoms with Crippen molar-refractivity contribution in [2.75, 3.05) is 7.11 Å². The van der Waals surface area contributed by atoms with Crippen LogP contribution in [0.5, 0.6) is 11.5 Å². The van der Waals surface area contributed by atoms with Crippen LogP contribution in [-0.4, -0.2) is 25.7 Å². The number of pyridine rings is 1. The Bertz CT molecular complexity index is 708. The van der Waals surface area contributed by atoms with Crippen LogP contribution in [0.15, 0.2) is 36.5 Å². The fourth-order valence-corrected chi connectivity index (χ4v) is 1.92. The van der Waals surface area contributed by atoms with Crippen LogP contribution in [0.2, 0.25) is 6.32 Å². The maximum absolute atomic E-state index is 11.8. The smallest absolute Gasteiger partial charge is 0.158 e. The summed E-state index contributed by atoms with van der Waals surface area (Å²) in [4.78, 5) is 15.9. The van der Waals surface area contributed by atoms with E-state index in [1.807, 2.05) is 13.9 Å². The minimum absolute atomic E-state index is 0.0251. The summed E-state index contributed by atoms with van der Waals surface area (Å²) in [6, 6.07) is 10.6. The summed E-state index contributed by atoms with van der Waals surface area (Å²) in [6.07, 6.45) is 1.92. The largest absolute Gasteiger partial charge is 0.496 e. The molecule has 0 saturated heterocycles. The Labute approximate surface area is 129 Å². The van der Waals surface area contributed by atoms with Crippen LogP contribution in [0.3, 0.4) is 0 Å². The third-order valence-electron chi connectivity index (χ3n) is 3.14. The Hall–Kier alpha value is -2.81. The van der Waals surface area contributed by atoms with Crippen molar-refractivity contribution < 1.29 is 14.3 Å². The Morgan fingerprint density at radius 3 is 2.77 bits per heavy atom. The number of nitriles is 1. The van der Waals surface area contributed by atoms with Crippen LogP contribution in [0.4, 0.5) is 0 Å². The number of carbonyl (C=O) groups is 1. The van der Waals surface area contributed by atoms with Crippen LogP contribution in [0.1, 0.15) is 21.6 Å². The normalized spacial score (nSPS) is 9.82. The van der Waals surface area contributed by atoms with Gasteiger partial charge in [0.15, 0.2) is 5.78 Å². The molecule has 5 nitrogen and oxygen atoms in total. The molecule has 22 heavy (non-hydrogen) atoms. The van der Waals surface area contributed by atoms with E-state index in [-0.39, 0.29) is 12.4 Å².